The second kappa shape index (κ2) is 9.37. The molecule has 0 aliphatic carbocycles. The van der Waals surface area contributed by atoms with Crippen LogP contribution in [-0.4, -0.2) is 11.4 Å². The minimum Gasteiger partial charge on any atom is -0.278 e. The Labute approximate surface area is 157 Å². The summed E-state index contributed by atoms with van der Waals surface area (Å²) in [5.74, 6) is 1.21. The van der Waals surface area contributed by atoms with Gasteiger partial charge < -0.3 is 0 Å². The van der Waals surface area contributed by atoms with E-state index >= 15 is 0 Å². The highest BCUT2D eigenvalue weighted by Crippen LogP contribution is 2.29. The Hall–Kier alpha value is -2.36. The number of hydrogen-bond acceptors (Lipinski definition) is 4. The number of anilines is 2. The van der Waals surface area contributed by atoms with Crippen molar-refractivity contribution in [3.63, 3.8) is 0 Å². The van der Waals surface area contributed by atoms with Crippen LogP contribution in [0.15, 0.2) is 46.6 Å². The molecule has 0 amide bonds. The van der Waals surface area contributed by atoms with Gasteiger partial charge in [-0.05, 0) is 50.7 Å². The Bertz CT molecular complexity index is 721. The van der Waals surface area contributed by atoms with E-state index in [4.69, 9.17) is 0 Å². The van der Waals surface area contributed by atoms with E-state index in [1.54, 1.807) is 0 Å². The summed E-state index contributed by atoms with van der Waals surface area (Å²) in [7, 11) is 0. The number of nitrogens with zero attached hydrogens (tertiary/aromatic N) is 2. The quantitative estimate of drug-likeness (QED) is 0.420. The fraction of sp³-hybridized carbons (Fsp3) is 0.455. The predicted octanol–water partition coefficient (Wildman–Crippen LogP) is 6.51. The van der Waals surface area contributed by atoms with Crippen molar-refractivity contribution in [2.75, 3.05) is 10.9 Å². The number of hydrazone groups is 2. The number of benzene rings is 2. The van der Waals surface area contributed by atoms with Gasteiger partial charge in [-0.25, -0.2) is 0 Å². The van der Waals surface area contributed by atoms with Crippen LogP contribution in [-0.2, 0) is 0 Å². The van der Waals surface area contributed by atoms with Gasteiger partial charge in [-0.3, -0.25) is 10.9 Å². The van der Waals surface area contributed by atoms with Crippen molar-refractivity contribution in [2.45, 2.75) is 54.4 Å². The fourth-order valence-corrected chi connectivity index (χ4v) is 3.09. The molecule has 4 heteroatoms. The second-order valence-corrected chi connectivity index (χ2v) is 7.82. The maximum absolute atomic E-state index is 4.54. The lowest BCUT2D eigenvalue weighted by atomic mass is 10.1. The van der Waals surface area contributed by atoms with Gasteiger partial charge in [0.15, 0.2) is 0 Å². The summed E-state index contributed by atoms with van der Waals surface area (Å²) in [6, 6.07) is 12.4. The molecule has 0 fully saturated rings. The molecule has 0 atom stereocenters. The summed E-state index contributed by atoms with van der Waals surface area (Å²) >= 11 is 0. The van der Waals surface area contributed by atoms with E-state index in [9.17, 15) is 0 Å². The Balaban J connectivity index is 2.25. The molecule has 0 aromatic heterocycles. The Kier molecular flexibility index (Phi) is 7.19. The van der Waals surface area contributed by atoms with Crippen LogP contribution < -0.4 is 10.9 Å². The van der Waals surface area contributed by atoms with Crippen LogP contribution in [0.1, 0.15) is 54.4 Å². The van der Waals surface area contributed by atoms with Crippen molar-refractivity contribution in [3.8, 4) is 0 Å². The topological polar surface area (TPSA) is 48.8 Å². The summed E-state index contributed by atoms with van der Waals surface area (Å²) in [5.41, 5.74) is 10.7. The van der Waals surface area contributed by atoms with Crippen molar-refractivity contribution in [1.82, 2.24) is 0 Å². The lowest BCUT2D eigenvalue weighted by molar-refractivity contribution is 0.681. The zero-order valence-corrected chi connectivity index (χ0v) is 16.9. The molecular weight excluding hydrogens is 320 g/mol. The van der Waals surface area contributed by atoms with Gasteiger partial charge in [-0.15, -0.1) is 0 Å². The van der Waals surface area contributed by atoms with Crippen LogP contribution in [0.3, 0.4) is 0 Å². The maximum Gasteiger partial charge on any atom is 0.0640 e. The molecule has 0 unspecified atom stereocenters. The van der Waals surface area contributed by atoms with Gasteiger partial charge >= 0.3 is 0 Å². The number of hydrogen-bond donors (Lipinski definition) is 2. The molecule has 0 aliphatic rings. The zero-order valence-electron chi connectivity index (χ0n) is 16.9. The van der Waals surface area contributed by atoms with Crippen LogP contribution in [0.5, 0.6) is 0 Å². The highest BCUT2D eigenvalue weighted by molar-refractivity contribution is 6.01. The smallest absolute Gasteiger partial charge is 0.0640 e. The van der Waals surface area contributed by atoms with Crippen LogP contribution in [0.2, 0.25) is 0 Å². The molecule has 0 spiro atoms. The Morgan fingerprint density at radius 1 is 0.731 bits per heavy atom. The van der Waals surface area contributed by atoms with Crippen molar-refractivity contribution in [3.05, 3.63) is 36.4 Å². The summed E-state index contributed by atoms with van der Waals surface area (Å²) in [6.45, 7) is 13.0. The summed E-state index contributed by atoms with van der Waals surface area (Å²) in [5, 5.41) is 11.3. The fourth-order valence-electron chi connectivity index (χ4n) is 3.09. The first kappa shape index (κ1) is 20.0. The predicted molar refractivity (Wildman–Crippen MR) is 116 cm³/mol. The van der Waals surface area contributed by atoms with Gasteiger partial charge in [0, 0.05) is 22.2 Å². The van der Waals surface area contributed by atoms with Crippen LogP contribution in [0, 0.1) is 11.8 Å². The standard InChI is InChI=1S/C22H32N4/c1-15(2)13-17(5)23-25-21-11-7-10-20-19(21)9-8-12-22(20)26-24-18(6)14-16(3)4/h7-12,15-16,25-26H,13-14H2,1-6H3/b23-17+,24-18+. The van der Waals surface area contributed by atoms with Gasteiger partial charge in [-0.2, -0.15) is 10.2 Å². The minimum absolute atomic E-state index is 0.607. The van der Waals surface area contributed by atoms with E-state index in [-0.39, 0.29) is 0 Å². The molecule has 0 heterocycles. The summed E-state index contributed by atoms with van der Waals surface area (Å²) in [4.78, 5) is 0. The Morgan fingerprint density at radius 3 is 1.46 bits per heavy atom. The summed E-state index contributed by atoms with van der Waals surface area (Å²) in [6.07, 6.45) is 1.99. The minimum atomic E-state index is 0.607. The molecule has 2 rings (SSSR count). The first-order valence-corrected chi connectivity index (χ1v) is 9.47. The van der Waals surface area contributed by atoms with Gasteiger partial charge in [0.05, 0.1) is 11.4 Å². The van der Waals surface area contributed by atoms with E-state index in [2.05, 4.69) is 86.9 Å². The average Bonchev–Trinajstić information content (AvgIpc) is 2.56. The molecule has 0 bridgehead atoms. The normalized spacial score (nSPS) is 12.9. The van der Waals surface area contributed by atoms with E-state index in [0.717, 1.165) is 46.4 Å². The van der Waals surface area contributed by atoms with Gasteiger partial charge in [0.25, 0.3) is 0 Å². The van der Waals surface area contributed by atoms with Gasteiger partial charge in [0.2, 0.25) is 0 Å². The molecule has 140 valence electrons. The molecule has 2 N–H and O–H groups in total. The molecule has 2 aromatic carbocycles. The highest BCUT2D eigenvalue weighted by atomic mass is 15.3. The van der Waals surface area contributed by atoms with Crippen molar-refractivity contribution < 1.29 is 0 Å². The first-order chi connectivity index (χ1) is 12.4. The van der Waals surface area contributed by atoms with E-state index in [1.807, 2.05) is 12.1 Å². The maximum atomic E-state index is 4.54. The SMILES string of the molecule is C/C(CC(C)C)=N\Nc1cccc2c(N/N=C(\C)CC(C)C)cccc12. The van der Waals surface area contributed by atoms with Gasteiger partial charge in [0.1, 0.15) is 0 Å². The van der Waals surface area contributed by atoms with Crippen molar-refractivity contribution in [2.24, 2.45) is 22.0 Å². The molecule has 0 saturated carbocycles. The van der Waals surface area contributed by atoms with Crippen LogP contribution >= 0.6 is 0 Å². The lowest BCUT2D eigenvalue weighted by Gasteiger charge is -2.11. The largest absolute Gasteiger partial charge is 0.278 e. The average molecular weight is 353 g/mol. The second-order valence-electron chi connectivity index (χ2n) is 7.82. The van der Waals surface area contributed by atoms with E-state index < -0.39 is 0 Å². The van der Waals surface area contributed by atoms with Crippen molar-refractivity contribution >= 4 is 33.6 Å². The van der Waals surface area contributed by atoms with Crippen molar-refractivity contribution in [1.29, 1.82) is 0 Å². The highest BCUT2D eigenvalue weighted by Gasteiger charge is 2.05. The number of fused-ring (bicyclic) bond motifs is 1. The molecule has 26 heavy (non-hydrogen) atoms. The molecule has 0 radical (unpaired) electrons. The van der Waals surface area contributed by atoms with E-state index in [1.165, 1.54) is 0 Å². The zero-order chi connectivity index (χ0) is 19.1. The summed E-state index contributed by atoms with van der Waals surface area (Å²) < 4.78 is 0. The molecule has 0 saturated heterocycles. The third-order valence-electron chi connectivity index (χ3n) is 4.06. The molecular formula is C22H32N4. The van der Waals surface area contributed by atoms with E-state index in [0.29, 0.717) is 11.8 Å². The first-order valence-electron chi connectivity index (χ1n) is 9.47. The Morgan fingerprint density at radius 2 is 1.12 bits per heavy atom. The van der Waals surface area contributed by atoms with Crippen LogP contribution in [0.4, 0.5) is 11.4 Å². The van der Waals surface area contributed by atoms with Gasteiger partial charge in [-0.1, -0.05) is 52.0 Å². The molecule has 0 aliphatic heterocycles. The number of rotatable bonds is 8. The number of nitrogens with one attached hydrogen (secondary N) is 2. The third-order valence-corrected chi connectivity index (χ3v) is 4.06. The molecule has 4 nitrogen and oxygen atoms in total. The molecule has 2 aromatic rings. The monoisotopic (exact) mass is 352 g/mol. The third kappa shape index (κ3) is 5.87. The lowest BCUT2D eigenvalue weighted by Crippen LogP contribution is -2.03. The van der Waals surface area contributed by atoms with Crippen LogP contribution in [0.25, 0.3) is 10.8 Å².